The molecule has 0 spiro atoms. The first-order chi connectivity index (χ1) is 13.9. The van der Waals surface area contributed by atoms with Gasteiger partial charge in [-0.3, -0.25) is 14.6 Å². The average Bonchev–Trinajstić information content (AvgIpc) is 3.26. The molecule has 29 heavy (non-hydrogen) atoms. The van der Waals surface area contributed by atoms with Crippen LogP contribution in [-0.2, 0) is 21.2 Å². The third-order valence-corrected chi connectivity index (χ3v) is 8.60. The smallest absolute Gasteiger partial charge is 0.237 e. The van der Waals surface area contributed by atoms with Gasteiger partial charge in [0.25, 0.3) is 0 Å². The van der Waals surface area contributed by atoms with Gasteiger partial charge < -0.3 is 4.90 Å². The minimum absolute atomic E-state index is 0.0502. The van der Waals surface area contributed by atoms with Gasteiger partial charge in [0.05, 0.1) is 34.8 Å². The van der Waals surface area contributed by atoms with Gasteiger partial charge in [0.1, 0.15) is 5.01 Å². The number of nitrogens with zero attached hydrogens (tertiary/aromatic N) is 4. The summed E-state index contributed by atoms with van der Waals surface area (Å²) in [6.07, 6.45) is 0.567. The Morgan fingerprint density at radius 2 is 1.93 bits per heavy atom. The Kier molecular flexibility index (Phi) is 6.19. The standard InChI is InChI=1S/C20H28N4O3S2/c1-2-24(16-7-12-29(26,27)15-16)20(25)14-23-10-8-22(9-11-23)13-19-21-17-5-3-4-6-18(17)28-19/h3-6,16H,2,7-15H2,1H3. The third kappa shape index (κ3) is 4.96. The normalized spacial score (nSPS) is 22.9. The minimum Gasteiger partial charge on any atom is -0.338 e. The van der Waals surface area contributed by atoms with E-state index in [2.05, 4.69) is 15.9 Å². The molecule has 1 unspecified atom stereocenters. The Hall–Kier alpha value is -1.55. The maximum absolute atomic E-state index is 12.8. The van der Waals surface area contributed by atoms with E-state index in [0.717, 1.165) is 43.2 Å². The maximum Gasteiger partial charge on any atom is 0.237 e. The van der Waals surface area contributed by atoms with Gasteiger partial charge in [-0.2, -0.15) is 0 Å². The molecular weight excluding hydrogens is 408 g/mol. The number of piperazine rings is 1. The molecule has 0 bridgehead atoms. The number of benzene rings is 1. The van der Waals surface area contributed by atoms with E-state index in [-0.39, 0.29) is 23.5 Å². The fourth-order valence-corrected chi connectivity index (χ4v) is 6.97. The molecule has 2 aliphatic heterocycles. The molecule has 1 amide bonds. The monoisotopic (exact) mass is 436 g/mol. The molecule has 2 aromatic rings. The van der Waals surface area contributed by atoms with Crippen molar-refractivity contribution in [3.63, 3.8) is 0 Å². The minimum atomic E-state index is -2.98. The summed E-state index contributed by atoms with van der Waals surface area (Å²) in [6.45, 7) is 7.23. The SMILES string of the molecule is CCN(C(=O)CN1CCN(Cc2nc3ccccc3s2)CC1)C1CCS(=O)(=O)C1. The zero-order valence-corrected chi connectivity index (χ0v) is 18.4. The highest BCUT2D eigenvalue weighted by Crippen LogP contribution is 2.23. The van der Waals surface area contributed by atoms with Gasteiger partial charge in [0, 0.05) is 38.8 Å². The average molecular weight is 437 g/mol. The van der Waals surface area contributed by atoms with E-state index < -0.39 is 9.84 Å². The van der Waals surface area contributed by atoms with Crippen LogP contribution in [0, 0.1) is 0 Å². The van der Waals surface area contributed by atoms with Crippen molar-refractivity contribution >= 4 is 37.3 Å². The van der Waals surface area contributed by atoms with Gasteiger partial charge in [-0.1, -0.05) is 12.1 Å². The molecule has 0 aliphatic carbocycles. The summed E-state index contributed by atoms with van der Waals surface area (Å²) in [5.74, 6) is 0.364. The molecule has 7 nitrogen and oxygen atoms in total. The number of carbonyl (C=O) groups is 1. The highest BCUT2D eigenvalue weighted by molar-refractivity contribution is 7.91. The molecule has 1 aromatic heterocycles. The van der Waals surface area contributed by atoms with Crippen LogP contribution in [0.1, 0.15) is 18.4 Å². The first kappa shape index (κ1) is 20.7. The summed E-state index contributed by atoms with van der Waals surface area (Å²) in [7, 11) is -2.98. The number of aromatic nitrogens is 1. The quantitative estimate of drug-likeness (QED) is 0.682. The van der Waals surface area contributed by atoms with Crippen LogP contribution < -0.4 is 0 Å². The van der Waals surface area contributed by atoms with Gasteiger partial charge in [0.2, 0.25) is 5.91 Å². The molecule has 9 heteroatoms. The molecule has 2 fully saturated rings. The van der Waals surface area contributed by atoms with Gasteiger partial charge in [-0.15, -0.1) is 11.3 Å². The van der Waals surface area contributed by atoms with E-state index in [9.17, 15) is 13.2 Å². The van der Waals surface area contributed by atoms with Crippen LogP contribution in [0.15, 0.2) is 24.3 Å². The van der Waals surface area contributed by atoms with Crippen LogP contribution in [0.3, 0.4) is 0 Å². The van der Waals surface area contributed by atoms with Crippen LogP contribution in [0.2, 0.25) is 0 Å². The van der Waals surface area contributed by atoms with E-state index in [1.165, 1.54) is 4.70 Å². The maximum atomic E-state index is 12.8. The summed E-state index contributed by atoms with van der Waals surface area (Å²) in [5.41, 5.74) is 1.06. The molecule has 4 rings (SSSR count). The van der Waals surface area contributed by atoms with Crippen molar-refractivity contribution in [2.24, 2.45) is 0 Å². The lowest BCUT2D eigenvalue weighted by Gasteiger charge is -2.35. The van der Waals surface area contributed by atoms with Crippen molar-refractivity contribution < 1.29 is 13.2 Å². The molecule has 2 saturated heterocycles. The number of para-hydroxylation sites is 1. The number of fused-ring (bicyclic) bond motifs is 1. The van der Waals surface area contributed by atoms with E-state index >= 15 is 0 Å². The highest BCUT2D eigenvalue weighted by atomic mass is 32.2. The lowest BCUT2D eigenvalue weighted by atomic mass is 10.2. The topological polar surface area (TPSA) is 73.8 Å². The second kappa shape index (κ2) is 8.67. The van der Waals surface area contributed by atoms with Crippen molar-refractivity contribution in [2.75, 3.05) is 50.8 Å². The summed E-state index contributed by atoms with van der Waals surface area (Å²) in [5, 5.41) is 1.13. The molecule has 3 heterocycles. The second-order valence-corrected chi connectivity index (χ2v) is 11.2. The Morgan fingerprint density at radius 1 is 1.21 bits per heavy atom. The number of hydrogen-bond acceptors (Lipinski definition) is 7. The Bertz CT molecular complexity index is 934. The van der Waals surface area contributed by atoms with Crippen molar-refractivity contribution in [1.29, 1.82) is 0 Å². The van der Waals surface area contributed by atoms with Crippen LogP contribution in [0.5, 0.6) is 0 Å². The second-order valence-electron chi connectivity index (χ2n) is 7.86. The molecule has 0 radical (unpaired) electrons. The van der Waals surface area contributed by atoms with Crippen LogP contribution in [0.4, 0.5) is 0 Å². The number of sulfone groups is 1. The van der Waals surface area contributed by atoms with Crippen LogP contribution in [-0.4, -0.2) is 90.8 Å². The van der Waals surface area contributed by atoms with E-state index in [1.807, 2.05) is 25.1 Å². The number of likely N-dealkylation sites (N-methyl/N-ethyl adjacent to an activating group) is 1. The lowest BCUT2D eigenvalue weighted by Crippen LogP contribution is -2.51. The fourth-order valence-electron chi connectivity index (χ4n) is 4.23. The van der Waals surface area contributed by atoms with E-state index in [4.69, 9.17) is 4.98 Å². The predicted molar refractivity (Wildman–Crippen MR) is 116 cm³/mol. The Labute approximate surface area is 176 Å². The molecular formula is C20H28N4O3S2. The number of hydrogen-bond donors (Lipinski definition) is 0. The summed E-state index contributed by atoms with van der Waals surface area (Å²) < 4.78 is 24.7. The Balaban J connectivity index is 1.27. The molecule has 0 N–H and O–H groups in total. The van der Waals surface area contributed by atoms with Gasteiger partial charge in [0.15, 0.2) is 9.84 Å². The number of amides is 1. The lowest BCUT2D eigenvalue weighted by molar-refractivity contribution is -0.134. The van der Waals surface area contributed by atoms with Crippen molar-refractivity contribution in [3.8, 4) is 0 Å². The van der Waals surface area contributed by atoms with Gasteiger partial charge >= 0.3 is 0 Å². The number of carbonyl (C=O) groups excluding carboxylic acids is 1. The zero-order valence-electron chi connectivity index (χ0n) is 16.8. The summed E-state index contributed by atoms with van der Waals surface area (Å²) >= 11 is 1.75. The number of thiazole rings is 1. The Morgan fingerprint density at radius 3 is 2.59 bits per heavy atom. The van der Waals surface area contributed by atoms with E-state index in [0.29, 0.717) is 19.5 Å². The summed E-state index contributed by atoms with van der Waals surface area (Å²) in [4.78, 5) is 23.8. The molecule has 1 aromatic carbocycles. The summed E-state index contributed by atoms with van der Waals surface area (Å²) in [6, 6.07) is 8.06. The molecule has 0 saturated carbocycles. The molecule has 1 atom stereocenters. The molecule has 158 valence electrons. The van der Waals surface area contributed by atoms with Crippen LogP contribution >= 0.6 is 11.3 Å². The largest absolute Gasteiger partial charge is 0.338 e. The first-order valence-electron chi connectivity index (χ1n) is 10.2. The number of rotatable bonds is 6. The van der Waals surface area contributed by atoms with Crippen LogP contribution in [0.25, 0.3) is 10.2 Å². The van der Waals surface area contributed by atoms with Gasteiger partial charge in [-0.25, -0.2) is 13.4 Å². The van der Waals surface area contributed by atoms with Crippen molar-refractivity contribution in [3.05, 3.63) is 29.3 Å². The fraction of sp³-hybridized carbons (Fsp3) is 0.600. The third-order valence-electron chi connectivity index (χ3n) is 5.83. The first-order valence-corrected chi connectivity index (χ1v) is 12.9. The predicted octanol–water partition coefficient (Wildman–Crippen LogP) is 1.45. The molecule has 2 aliphatic rings. The zero-order chi connectivity index (χ0) is 20.4. The highest BCUT2D eigenvalue weighted by Gasteiger charge is 2.34. The van der Waals surface area contributed by atoms with E-state index in [1.54, 1.807) is 16.2 Å². The van der Waals surface area contributed by atoms with Gasteiger partial charge in [-0.05, 0) is 25.5 Å². The van der Waals surface area contributed by atoms with Crippen molar-refractivity contribution in [2.45, 2.75) is 25.9 Å². The van der Waals surface area contributed by atoms with Crippen molar-refractivity contribution in [1.82, 2.24) is 19.7 Å².